The van der Waals surface area contributed by atoms with E-state index in [9.17, 15) is 19.2 Å². The van der Waals surface area contributed by atoms with Gasteiger partial charge in [-0.2, -0.15) is 0 Å². The van der Waals surface area contributed by atoms with Crippen molar-refractivity contribution >= 4 is 23.6 Å². The van der Waals surface area contributed by atoms with E-state index in [1.54, 1.807) is 12.1 Å². The maximum absolute atomic E-state index is 13.3. The molecule has 5 rings (SSSR count). The summed E-state index contributed by atoms with van der Waals surface area (Å²) in [5, 5.41) is 5.74. The first-order valence-corrected chi connectivity index (χ1v) is 10.7. The monoisotopic (exact) mass is 410 g/mol. The number of imide groups is 2. The molecular weight excluding hydrogens is 384 g/mol. The van der Waals surface area contributed by atoms with Crippen LogP contribution in [0.3, 0.4) is 0 Å². The number of carbonyl (C=O) groups is 4. The summed E-state index contributed by atoms with van der Waals surface area (Å²) >= 11 is 0. The van der Waals surface area contributed by atoms with Crippen molar-refractivity contribution < 1.29 is 19.2 Å². The molecule has 1 aromatic rings. The van der Waals surface area contributed by atoms with Gasteiger partial charge in [0.05, 0.1) is 11.1 Å². The third-order valence-electron chi connectivity index (χ3n) is 7.18. The van der Waals surface area contributed by atoms with Crippen LogP contribution in [-0.4, -0.2) is 65.6 Å². The Morgan fingerprint density at radius 2 is 1.93 bits per heavy atom. The van der Waals surface area contributed by atoms with E-state index in [1.165, 1.54) is 12.8 Å². The largest absolute Gasteiger partial charge is 0.316 e. The lowest BCUT2D eigenvalue weighted by atomic mass is 9.88. The van der Waals surface area contributed by atoms with Gasteiger partial charge in [0.2, 0.25) is 11.8 Å². The van der Waals surface area contributed by atoms with Gasteiger partial charge in [-0.25, -0.2) is 0 Å². The SMILES string of the molecule is CN(Cc1cccc2c1C(=O)N(C1CCC(=O)NC1=O)C2=O)C1CCNCC12CC2. The molecule has 2 saturated heterocycles. The van der Waals surface area contributed by atoms with Crippen LogP contribution in [0.1, 0.15) is 58.4 Å². The first-order chi connectivity index (χ1) is 14.4. The number of hydrogen-bond donors (Lipinski definition) is 2. The minimum absolute atomic E-state index is 0.122. The number of nitrogens with zero attached hydrogens (tertiary/aromatic N) is 2. The summed E-state index contributed by atoms with van der Waals surface area (Å²) in [6.45, 7) is 2.61. The van der Waals surface area contributed by atoms with Crippen molar-refractivity contribution in [2.75, 3.05) is 20.1 Å². The van der Waals surface area contributed by atoms with Crippen LogP contribution in [-0.2, 0) is 16.1 Å². The van der Waals surface area contributed by atoms with Crippen molar-refractivity contribution in [2.24, 2.45) is 5.41 Å². The van der Waals surface area contributed by atoms with Crippen LogP contribution in [0.25, 0.3) is 0 Å². The number of piperidine rings is 2. The molecule has 0 aromatic heterocycles. The molecule has 2 unspecified atom stereocenters. The van der Waals surface area contributed by atoms with Gasteiger partial charge in [-0.3, -0.25) is 34.3 Å². The summed E-state index contributed by atoms with van der Waals surface area (Å²) in [4.78, 5) is 53.4. The summed E-state index contributed by atoms with van der Waals surface area (Å²) in [6, 6.07) is 4.87. The second-order valence-electron chi connectivity index (χ2n) is 9.05. The zero-order valence-electron chi connectivity index (χ0n) is 17.1. The van der Waals surface area contributed by atoms with Crippen LogP contribution in [0.4, 0.5) is 0 Å². The number of fused-ring (bicyclic) bond motifs is 1. The molecule has 8 heteroatoms. The standard InChI is InChI=1S/C22H26N4O4/c1-25(16-7-10-23-12-22(16)8-9-22)11-13-3-2-4-14-18(13)21(30)26(20(14)29)15-5-6-17(27)24-19(15)28/h2-4,15-16,23H,5-12H2,1H3,(H,24,27,28). The molecule has 1 aliphatic carbocycles. The van der Waals surface area contributed by atoms with E-state index in [1.807, 2.05) is 6.07 Å². The smallest absolute Gasteiger partial charge is 0.262 e. The van der Waals surface area contributed by atoms with E-state index in [0.29, 0.717) is 29.1 Å². The molecule has 158 valence electrons. The molecule has 0 bridgehead atoms. The second kappa shape index (κ2) is 6.99. The lowest BCUT2D eigenvalue weighted by Crippen LogP contribution is -2.54. The van der Waals surface area contributed by atoms with Crippen LogP contribution in [0.15, 0.2) is 18.2 Å². The van der Waals surface area contributed by atoms with Crippen molar-refractivity contribution in [3.05, 3.63) is 34.9 Å². The quantitative estimate of drug-likeness (QED) is 0.708. The average molecular weight is 410 g/mol. The number of amides is 4. The summed E-state index contributed by atoms with van der Waals surface area (Å²) in [7, 11) is 2.09. The van der Waals surface area contributed by atoms with Crippen LogP contribution in [0, 0.1) is 5.41 Å². The molecule has 1 aromatic carbocycles. The highest BCUT2D eigenvalue weighted by Crippen LogP contribution is 2.52. The molecule has 4 aliphatic rings. The first-order valence-electron chi connectivity index (χ1n) is 10.7. The van der Waals surface area contributed by atoms with Gasteiger partial charge in [-0.05, 0) is 56.3 Å². The first kappa shape index (κ1) is 19.4. The van der Waals surface area contributed by atoms with Crippen LogP contribution in [0.2, 0.25) is 0 Å². The Hall–Kier alpha value is -2.58. The van der Waals surface area contributed by atoms with E-state index in [0.717, 1.165) is 30.0 Å². The highest BCUT2D eigenvalue weighted by atomic mass is 16.2. The minimum Gasteiger partial charge on any atom is -0.316 e. The average Bonchev–Trinajstić information content (AvgIpc) is 3.43. The van der Waals surface area contributed by atoms with E-state index >= 15 is 0 Å². The zero-order chi connectivity index (χ0) is 21.0. The van der Waals surface area contributed by atoms with E-state index < -0.39 is 23.8 Å². The zero-order valence-corrected chi connectivity index (χ0v) is 17.1. The number of rotatable bonds is 4. The van der Waals surface area contributed by atoms with E-state index in [-0.39, 0.29) is 18.7 Å². The molecule has 4 amide bonds. The predicted molar refractivity (Wildman–Crippen MR) is 108 cm³/mol. The minimum atomic E-state index is -0.931. The van der Waals surface area contributed by atoms with Gasteiger partial charge in [0.15, 0.2) is 0 Å². The number of carbonyl (C=O) groups excluding carboxylic acids is 4. The molecular formula is C22H26N4O4. The van der Waals surface area contributed by atoms with Gasteiger partial charge in [0, 0.05) is 25.6 Å². The Balaban J connectivity index is 1.41. The third-order valence-corrected chi connectivity index (χ3v) is 7.18. The Morgan fingerprint density at radius 1 is 1.13 bits per heavy atom. The number of nitrogens with one attached hydrogen (secondary N) is 2. The van der Waals surface area contributed by atoms with Crippen molar-refractivity contribution in [3.8, 4) is 0 Å². The molecule has 2 N–H and O–H groups in total. The number of hydrogen-bond acceptors (Lipinski definition) is 6. The van der Waals surface area contributed by atoms with Gasteiger partial charge < -0.3 is 5.32 Å². The molecule has 1 saturated carbocycles. The maximum atomic E-state index is 13.3. The summed E-state index contributed by atoms with van der Waals surface area (Å²) < 4.78 is 0. The van der Waals surface area contributed by atoms with E-state index in [4.69, 9.17) is 0 Å². The summed E-state index contributed by atoms with van der Waals surface area (Å²) in [6.07, 6.45) is 3.81. The van der Waals surface area contributed by atoms with Gasteiger partial charge in [0.1, 0.15) is 6.04 Å². The Bertz CT molecular complexity index is 954. The lowest BCUT2D eigenvalue weighted by Gasteiger charge is -2.39. The molecule has 8 nitrogen and oxygen atoms in total. The molecule has 3 fully saturated rings. The number of benzene rings is 1. The molecule has 3 aliphatic heterocycles. The van der Waals surface area contributed by atoms with Gasteiger partial charge in [-0.15, -0.1) is 0 Å². The van der Waals surface area contributed by atoms with E-state index in [2.05, 4.69) is 22.6 Å². The fraction of sp³-hybridized carbons (Fsp3) is 0.545. The van der Waals surface area contributed by atoms with Crippen LogP contribution in [0.5, 0.6) is 0 Å². The maximum Gasteiger partial charge on any atom is 0.262 e. The summed E-state index contributed by atoms with van der Waals surface area (Å²) in [5.74, 6) is -1.83. The Morgan fingerprint density at radius 3 is 2.67 bits per heavy atom. The van der Waals surface area contributed by atoms with Gasteiger partial charge in [-0.1, -0.05) is 12.1 Å². The highest BCUT2D eigenvalue weighted by molar-refractivity contribution is 6.24. The molecule has 30 heavy (non-hydrogen) atoms. The molecule has 0 radical (unpaired) electrons. The van der Waals surface area contributed by atoms with Crippen molar-refractivity contribution in [2.45, 2.75) is 50.7 Å². The fourth-order valence-corrected chi connectivity index (χ4v) is 5.45. The third kappa shape index (κ3) is 2.97. The van der Waals surface area contributed by atoms with Crippen LogP contribution < -0.4 is 10.6 Å². The molecule has 2 atom stereocenters. The van der Waals surface area contributed by atoms with Crippen molar-refractivity contribution in [1.29, 1.82) is 0 Å². The second-order valence-corrected chi connectivity index (χ2v) is 9.05. The Kier molecular flexibility index (Phi) is 4.52. The summed E-state index contributed by atoms with van der Waals surface area (Å²) in [5.41, 5.74) is 1.90. The van der Waals surface area contributed by atoms with Crippen molar-refractivity contribution in [1.82, 2.24) is 20.4 Å². The lowest BCUT2D eigenvalue weighted by molar-refractivity contribution is -0.136. The van der Waals surface area contributed by atoms with Gasteiger partial charge >= 0.3 is 0 Å². The predicted octanol–water partition coefficient (Wildman–Crippen LogP) is 0.662. The van der Waals surface area contributed by atoms with Crippen molar-refractivity contribution in [3.63, 3.8) is 0 Å². The van der Waals surface area contributed by atoms with Gasteiger partial charge in [0.25, 0.3) is 11.8 Å². The highest BCUT2D eigenvalue weighted by Gasteiger charge is 2.52. The topological polar surface area (TPSA) is 98.8 Å². The Labute approximate surface area is 175 Å². The van der Waals surface area contributed by atoms with Crippen LogP contribution >= 0.6 is 0 Å². The normalized spacial score (nSPS) is 27.6. The fourth-order valence-electron chi connectivity index (χ4n) is 5.45. The molecule has 3 heterocycles. The molecule has 1 spiro atoms.